The van der Waals surface area contributed by atoms with E-state index in [9.17, 15) is 8.42 Å². The number of rotatable bonds is 8. The molecule has 0 radical (unpaired) electrons. The zero-order chi connectivity index (χ0) is 14.1. The molecule has 0 aliphatic heterocycles. The summed E-state index contributed by atoms with van der Waals surface area (Å²) in [5.74, 6) is -0.0760. The Morgan fingerprint density at radius 2 is 2.00 bits per heavy atom. The molecule has 19 heavy (non-hydrogen) atoms. The van der Waals surface area contributed by atoms with Crippen molar-refractivity contribution in [3.05, 3.63) is 35.4 Å². The van der Waals surface area contributed by atoms with Gasteiger partial charge in [-0.15, -0.1) is 0 Å². The zero-order valence-corrected chi connectivity index (χ0v) is 11.7. The number of hydrogen-bond acceptors (Lipinski definition) is 4. The quantitative estimate of drug-likeness (QED) is 0.731. The average Bonchev–Trinajstić information content (AvgIpc) is 2.39. The highest BCUT2D eigenvalue weighted by molar-refractivity contribution is 7.88. The second-order valence-corrected chi connectivity index (χ2v) is 5.82. The summed E-state index contributed by atoms with van der Waals surface area (Å²) in [5.41, 5.74) is 1.18. The Balaban J connectivity index is 2.43. The van der Waals surface area contributed by atoms with Crippen LogP contribution in [0, 0.1) is 11.3 Å². The minimum absolute atomic E-state index is 0.0760. The van der Waals surface area contributed by atoms with Gasteiger partial charge in [0.05, 0.1) is 17.4 Å². The molecule has 0 spiro atoms. The molecule has 0 saturated carbocycles. The number of benzene rings is 1. The van der Waals surface area contributed by atoms with Crippen LogP contribution in [0.15, 0.2) is 24.3 Å². The molecule has 0 atom stereocenters. The average molecular weight is 282 g/mol. The van der Waals surface area contributed by atoms with E-state index in [1.807, 2.05) is 13.0 Å². The molecule has 0 aliphatic carbocycles. The van der Waals surface area contributed by atoms with Crippen LogP contribution >= 0.6 is 0 Å². The SMILES string of the molecule is CCOCCCNS(=O)(=O)Cc1ccc(C#N)cc1. The first-order valence-electron chi connectivity index (χ1n) is 6.11. The van der Waals surface area contributed by atoms with Crippen LogP contribution in [0.5, 0.6) is 0 Å². The van der Waals surface area contributed by atoms with Gasteiger partial charge in [-0.3, -0.25) is 0 Å². The van der Waals surface area contributed by atoms with Gasteiger partial charge < -0.3 is 4.74 Å². The Hall–Kier alpha value is -1.42. The fourth-order valence-corrected chi connectivity index (χ4v) is 2.68. The van der Waals surface area contributed by atoms with E-state index in [4.69, 9.17) is 10.00 Å². The molecule has 0 aliphatic rings. The maximum Gasteiger partial charge on any atom is 0.215 e. The predicted octanol–water partition coefficient (Wildman–Crippen LogP) is 1.40. The highest BCUT2D eigenvalue weighted by atomic mass is 32.2. The lowest BCUT2D eigenvalue weighted by atomic mass is 10.2. The Morgan fingerprint density at radius 1 is 1.32 bits per heavy atom. The Bertz CT molecular complexity index is 518. The van der Waals surface area contributed by atoms with Gasteiger partial charge in [-0.1, -0.05) is 12.1 Å². The summed E-state index contributed by atoms with van der Waals surface area (Å²) in [5, 5.41) is 8.66. The van der Waals surface area contributed by atoms with E-state index in [1.54, 1.807) is 24.3 Å². The predicted molar refractivity (Wildman–Crippen MR) is 72.9 cm³/mol. The number of nitriles is 1. The van der Waals surface area contributed by atoms with Gasteiger partial charge in [0.15, 0.2) is 0 Å². The van der Waals surface area contributed by atoms with Crippen molar-refractivity contribution in [1.82, 2.24) is 4.72 Å². The molecule has 1 N–H and O–H groups in total. The smallest absolute Gasteiger partial charge is 0.215 e. The maximum atomic E-state index is 11.8. The van der Waals surface area contributed by atoms with Gasteiger partial charge >= 0.3 is 0 Å². The molecule has 0 bridgehead atoms. The summed E-state index contributed by atoms with van der Waals surface area (Å²) < 4.78 is 31.2. The van der Waals surface area contributed by atoms with Crippen molar-refractivity contribution >= 4 is 10.0 Å². The fourth-order valence-electron chi connectivity index (χ4n) is 1.49. The lowest BCUT2D eigenvalue weighted by molar-refractivity contribution is 0.146. The molecule has 0 aromatic heterocycles. The van der Waals surface area contributed by atoms with E-state index in [0.29, 0.717) is 37.3 Å². The summed E-state index contributed by atoms with van der Waals surface area (Å²) in [6.07, 6.45) is 0.653. The minimum atomic E-state index is -3.33. The van der Waals surface area contributed by atoms with Crippen LogP contribution in [0.3, 0.4) is 0 Å². The number of nitrogens with one attached hydrogen (secondary N) is 1. The first-order valence-corrected chi connectivity index (χ1v) is 7.76. The van der Waals surface area contributed by atoms with Gasteiger partial charge in [0.25, 0.3) is 0 Å². The Morgan fingerprint density at radius 3 is 2.58 bits per heavy atom. The molecule has 1 rings (SSSR count). The lowest BCUT2D eigenvalue weighted by Crippen LogP contribution is -2.26. The van der Waals surface area contributed by atoms with Crippen molar-refractivity contribution in [3.63, 3.8) is 0 Å². The second kappa shape index (κ2) is 7.89. The van der Waals surface area contributed by atoms with Crippen LogP contribution in [-0.4, -0.2) is 28.2 Å². The largest absolute Gasteiger partial charge is 0.382 e. The minimum Gasteiger partial charge on any atom is -0.382 e. The molecule has 0 unspecified atom stereocenters. The highest BCUT2D eigenvalue weighted by Gasteiger charge is 2.10. The first-order chi connectivity index (χ1) is 9.07. The zero-order valence-electron chi connectivity index (χ0n) is 10.9. The molecule has 0 saturated heterocycles. The third-order valence-electron chi connectivity index (χ3n) is 2.43. The molecule has 6 heteroatoms. The van der Waals surface area contributed by atoms with Gasteiger partial charge in [-0.2, -0.15) is 5.26 Å². The summed E-state index contributed by atoms with van der Waals surface area (Å²) in [6, 6.07) is 8.52. The van der Waals surface area contributed by atoms with E-state index < -0.39 is 10.0 Å². The Labute approximate surface area is 114 Å². The molecule has 0 fully saturated rings. The van der Waals surface area contributed by atoms with E-state index in [-0.39, 0.29) is 5.75 Å². The standard InChI is InChI=1S/C13H18N2O3S/c1-2-18-9-3-8-15-19(16,17)11-13-6-4-12(10-14)5-7-13/h4-7,15H,2-3,8-9,11H2,1H3. The van der Waals surface area contributed by atoms with Gasteiger partial charge in [0.1, 0.15) is 0 Å². The topological polar surface area (TPSA) is 79.2 Å². The number of ether oxygens (including phenoxy) is 1. The van der Waals surface area contributed by atoms with E-state index in [0.717, 1.165) is 0 Å². The molecule has 1 aromatic rings. The van der Waals surface area contributed by atoms with Crippen molar-refractivity contribution < 1.29 is 13.2 Å². The third kappa shape index (κ3) is 6.34. The Kier molecular flexibility index (Phi) is 6.50. The normalized spacial score (nSPS) is 11.2. The van der Waals surface area contributed by atoms with Gasteiger partial charge in [0.2, 0.25) is 10.0 Å². The number of hydrogen-bond donors (Lipinski definition) is 1. The van der Waals surface area contributed by atoms with Gasteiger partial charge in [0, 0.05) is 19.8 Å². The van der Waals surface area contributed by atoms with Crippen LogP contribution in [0.25, 0.3) is 0 Å². The monoisotopic (exact) mass is 282 g/mol. The van der Waals surface area contributed by atoms with Crippen molar-refractivity contribution in [3.8, 4) is 6.07 Å². The van der Waals surface area contributed by atoms with Crippen LogP contribution in [-0.2, 0) is 20.5 Å². The second-order valence-electron chi connectivity index (χ2n) is 4.01. The highest BCUT2D eigenvalue weighted by Crippen LogP contribution is 2.07. The van der Waals surface area contributed by atoms with Crippen LogP contribution in [0.4, 0.5) is 0 Å². The fraction of sp³-hybridized carbons (Fsp3) is 0.462. The van der Waals surface area contributed by atoms with Crippen LogP contribution < -0.4 is 4.72 Å². The summed E-state index contributed by atoms with van der Waals surface area (Å²) >= 11 is 0. The summed E-state index contributed by atoms with van der Waals surface area (Å²) in [6.45, 7) is 3.46. The molecule has 0 heterocycles. The van der Waals surface area contributed by atoms with Crippen molar-refractivity contribution in [2.24, 2.45) is 0 Å². The van der Waals surface area contributed by atoms with Gasteiger partial charge in [-0.25, -0.2) is 13.1 Å². The van der Waals surface area contributed by atoms with Crippen LogP contribution in [0.1, 0.15) is 24.5 Å². The summed E-state index contributed by atoms with van der Waals surface area (Å²) in [7, 11) is -3.33. The lowest BCUT2D eigenvalue weighted by Gasteiger charge is -2.07. The summed E-state index contributed by atoms with van der Waals surface area (Å²) in [4.78, 5) is 0. The van der Waals surface area contributed by atoms with Crippen LogP contribution in [0.2, 0.25) is 0 Å². The van der Waals surface area contributed by atoms with Crippen molar-refractivity contribution in [1.29, 1.82) is 5.26 Å². The van der Waals surface area contributed by atoms with E-state index in [2.05, 4.69) is 4.72 Å². The molecule has 104 valence electrons. The molecular weight excluding hydrogens is 264 g/mol. The molecule has 1 aromatic carbocycles. The maximum absolute atomic E-state index is 11.8. The van der Waals surface area contributed by atoms with Gasteiger partial charge in [-0.05, 0) is 31.0 Å². The molecule has 0 amide bonds. The first kappa shape index (κ1) is 15.6. The third-order valence-corrected chi connectivity index (χ3v) is 3.79. The van der Waals surface area contributed by atoms with E-state index in [1.165, 1.54) is 0 Å². The molecule has 5 nitrogen and oxygen atoms in total. The molecular formula is C13H18N2O3S. The van der Waals surface area contributed by atoms with Crippen molar-refractivity contribution in [2.45, 2.75) is 19.1 Å². The van der Waals surface area contributed by atoms with Crippen molar-refractivity contribution in [2.75, 3.05) is 19.8 Å². The van der Waals surface area contributed by atoms with E-state index >= 15 is 0 Å². The number of nitrogens with zero attached hydrogens (tertiary/aromatic N) is 1. The number of sulfonamides is 1.